The molecule has 2 heterocycles. The molecule has 0 atom stereocenters. The van der Waals surface area contributed by atoms with Crippen molar-refractivity contribution in [2.24, 2.45) is 0 Å². The average Bonchev–Trinajstić information content (AvgIpc) is 2.90. The van der Waals surface area contributed by atoms with Crippen molar-refractivity contribution in [2.45, 2.75) is 0 Å². The van der Waals surface area contributed by atoms with Crippen LogP contribution in [-0.4, -0.2) is 27.5 Å². The molecule has 9 heteroatoms. The lowest BCUT2D eigenvalue weighted by atomic mass is 10.2. The van der Waals surface area contributed by atoms with Crippen LogP contribution in [0.2, 0.25) is 10.0 Å². The van der Waals surface area contributed by atoms with Gasteiger partial charge in [-0.2, -0.15) is 0 Å². The van der Waals surface area contributed by atoms with Gasteiger partial charge in [0.05, 0.1) is 33.7 Å². The van der Waals surface area contributed by atoms with Crippen LogP contribution in [0.3, 0.4) is 0 Å². The van der Waals surface area contributed by atoms with Gasteiger partial charge < -0.3 is 15.0 Å². The van der Waals surface area contributed by atoms with E-state index in [1.165, 1.54) is 4.90 Å². The number of fused-ring (bicyclic) bond motifs is 1. The molecule has 0 radical (unpaired) electrons. The Hall–Kier alpha value is -2.35. The van der Waals surface area contributed by atoms with Crippen molar-refractivity contribution >= 4 is 67.1 Å². The second kappa shape index (κ2) is 6.67. The molecule has 0 aliphatic carbocycles. The summed E-state index contributed by atoms with van der Waals surface area (Å²) in [4.78, 5) is 21.0. The number of nitrogens with zero attached hydrogens (tertiary/aromatic N) is 2. The minimum absolute atomic E-state index is 0.0173. The third-order valence-corrected chi connectivity index (χ3v) is 5.24. The second-order valence-electron chi connectivity index (χ2n) is 5.93. The number of aliphatic hydroxyl groups excluding tert-OH is 1. The number of aliphatic hydroxyl groups is 1. The van der Waals surface area contributed by atoms with Crippen LogP contribution in [0.5, 0.6) is 0 Å². The van der Waals surface area contributed by atoms with Gasteiger partial charge in [-0.1, -0.05) is 39.1 Å². The van der Waals surface area contributed by atoms with Crippen LogP contribution < -0.4 is 10.5 Å². The van der Waals surface area contributed by atoms with E-state index in [9.17, 15) is 9.90 Å². The molecule has 27 heavy (non-hydrogen) atoms. The third-order valence-electron chi connectivity index (χ3n) is 4.21. The third kappa shape index (κ3) is 3.12. The van der Waals surface area contributed by atoms with Gasteiger partial charge in [0.1, 0.15) is 17.4 Å². The molecule has 0 fully saturated rings. The highest BCUT2D eigenvalue weighted by atomic mass is 79.9. The van der Waals surface area contributed by atoms with Gasteiger partial charge in [0, 0.05) is 9.50 Å². The first kappa shape index (κ1) is 18.0. The largest absolute Gasteiger partial charge is 0.509 e. The standard InChI is InChI=1S/C18H11BrCl2N4O2/c19-8-1-3-12-10(5-8)18(27)24-17(23-12)15-14(26)7-25(16(15)22)13-4-2-9(20)6-11(13)21/h1-6,22,26H,7H2,(H,23,24,27). The monoisotopic (exact) mass is 464 g/mol. The highest BCUT2D eigenvalue weighted by Crippen LogP contribution is 2.35. The maximum Gasteiger partial charge on any atom is 0.259 e. The lowest BCUT2D eigenvalue weighted by Gasteiger charge is -2.20. The number of amidine groups is 1. The summed E-state index contributed by atoms with van der Waals surface area (Å²) in [5, 5.41) is 20.2. The van der Waals surface area contributed by atoms with Gasteiger partial charge in [-0.25, -0.2) is 4.98 Å². The quantitative estimate of drug-likeness (QED) is 0.508. The first-order valence-electron chi connectivity index (χ1n) is 7.78. The first-order valence-corrected chi connectivity index (χ1v) is 9.33. The molecule has 3 aromatic rings. The smallest absolute Gasteiger partial charge is 0.259 e. The van der Waals surface area contributed by atoms with Gasteiger partial charge in [-0.15, -0.1) is 0 Å². The number of aromatic amines is 1. The predicted octanol–water partition coefficient (Wildman–Crippen LogP) is 4.76. The van der Waals surface area contributed by atoms with Crippen LogP contribution in [-0.2, 0) is 0 Å². The van der Waals surface area contributed by atoms with Crippen LogP contribution >= 0.6 is 39.1 Å². The lowest BCUT2D eigenvalue weighted by molar-refractivity contribution is 0.411. The van der Waals surface area contributed by atoms with E-state index in [-0.39, 0.29) is 35.1 Å². The van der Waals surface area contributed by atoms with E-state index in [0.29, 0.717) is 26.6 Å². The molecule has 3 N–H and O–H groups in total. The van der Waals surface area contributed by atoms with Crippen molar-refractivity contribution in [3.8, 4) is 0 Å². The predicted molar refractivity (Wildman–Crippen MR) is 111 cm³/mol. The van der Waals surface area contributed by atoms with Crippen LogP contribution in [0.1, 0.15) is 5.82 Å². The van der Waals surface area contributed by atoms with E-state index in [4.69, 9.17) is 28.6 Å². The van der Waals surface area contributed by atoms with E-state index in [0.717, 1.165) is 4.47 Å². The molecule has 0 bridgehead atoms. The van der Waals surface area contributed by atoms with Gasteiger partial charge in [-0.3, -0.25) is 10.2 Å². The van der Waals surface area contributed by atoms with Crippen molar-refractivity contribution < 1.29 is 5.11 Å². The molecule has 0 spiro atoms. The fourth-order valence-corrected chi connectivity index (χ4v) is 3.84. The van der Waals surface area contributed by atoms with E-state index in [1.54, 1.807) is 36.4 Å². The van der Waals surface area contributed by atoms with Gasteiger partial charge in [0.2, 0.25) is 0 Å². The summed E-state index contributed by atoms with van der Waals surface area (Å²) in [7, 11) is 0. The van der Waals surface area contributed by atoms with Crippen LogP contribution in [0.25, 0.3) is 16.5 Å². The van der Waals surface area contributed by atoms with E-state index >= 15 is 0 Å². The fraction of sp³-hybridized carbons (Fsp3) is 0.0556. The normalized spacial score (nSPS) is 14.5. The molecule has 6 nitrogen and oxygen atoms in total. The van der Waals surface area contributed by atoms with Crippen molar-refractivity contribution in [1.29, 1.82) is 5.41 Å². The Morgan fingerprint density at radius 3 is 2.74 bits per heavy atom. The molecular weight excluding hydrogens is 455 g/mol. The van der Waals surface area contributed by atoms with Crippen LogP contribution in [0.15, 0.2) is 51.4 Å². The first-order chi connectivity index (χ1) is 12.8. The number of halogens is 3. The maximum absolute atomic E-state index is 12.4. The Balaban J connectivity index is 1.79. The van der Waals surface area contributed by atoms with Crippen molar-refractivity contribution in [2.75, 3.05) is 11.4 Å². The van der Waals surface area contributed by atoms with E-state index in [1.807, 2.05) is 0 Å². The molecule has 136 valence electrons. The summed E-state index contributed by atoms with van der Waals surface area (Å²) in [6.07, 6.45) is 0. The van der Waals surface area contributed by atoms with Crippen molar-refractivity contribution in [3.05, 3.63) is 72.9 Å². The molecule has 1 aliphatic heterocycles. The molecule has 0 unspecified atom stereocenters. The number of rotatable bonds is 2. The number of hydrogen-bond acceptors (Lipinski definition) is 4. The summed E-state index contributed by atoms with van der Waals surface area (Å²) in [5.41, 5.74) is 0.794. The number of benzene rings is 2. The minimum atomic E-state index is -0.354. The number of aromatic nitrogens is 2. The molecule has 1 aromatic heterocycles. The molecule has 0 amide bonds. The summed E-state index contributed by atoms with van der Waals surface area (Å²) >= 11 is 15.5. The Kier molecular flexibility index (Phi) is 4.46. The van der Waals surface area contributed by atoms with E-state index < -0.39 is 0 Å². The summed E-state index contributed by atoms with van der Waals surface area (Å²) < 4.78 is 0.759. The summed E-state index contributed by atoms with van der Waals surface area (Å²) in [5.74, 6) is 0.0341. The number of anilines is 1. The summed E-state index contributed by atoms with van der Waals surface area (Å²) in [6.45, 7) is 0.0393. The highest BCUT2D eigenvalue weighted by Gasteiger charge is 2.32. The number of H-pyrrole nitrogens is 1. The Morgan fingerprint density at radius 2 is 2.00 bits per heavy atom. The summed E-state index contributed by atoms with van der Waals surface area (Å²) in [6, 6.07) is 10.0. The molecule has 1 aliphatic rings. The lowest BCUT2D eigenvalue weighted by Crippen LogP contribution is -2.27. The maximum atomic E-state index is 12.4. The number of hydrogen-bond donors (Lipinski definition) is 3. The zero-order valence-electron chi connectivity index (χ0n) is 13.6. The zero-order chi connectivity index (χ0) is 19.3. The fourth-order valence-electron chi connectivity index (χ4n) is 2.96. The second-order valence-corrected chi connectivity index (χ2v) is 7.69. The van der Waals surface area contributed by atoms with E-state index in [2.05, 4.69) is 25.9 Å². The Labute approximate surface area is 171 Å². The molecule has 0 saturated carbocycles. The Morgan fingerprint density at radius 1 is 1.22 bits per heavy atom. The Bertz CT molecular complexity index is 1210. The van der Waals surface area contributed by atoms with Gasteiger partial charge >= 0.3 is 0 Å². The number of nitrogens with one attached hydrogen (secondary N) is 2. The molecule has 0 saturated heterocycles. The average molecular weight is 466 g/mol. The highest BCUT2D eigenvalue weighted by molar-refractivity contribution is 9.10. The zero-order valence-corrected chi connectivity index (χ0v) is 16.7. The molecular formula is C18H11BrCl2N4O2. The van der Waals surface area contributed by atoms with Crippen molar-refractivity contribution in [3.63, 3.8) is 0 Å². The van der Waals surface area contributed by atoms with Gasteiger partial charge in [0.25, 0.3) is 5.56 Å². The van der Waals surface area contributed by atoms with Crippen molar-refractivity contribution in [1.82, 2.24) is 9.97 Å². The van der Waals surface area contributed by atoms with Crippen LogP contribution in [0, 0.1) is 5.41 Å². The van der Waals surface area contributed by atoms with Gasteiger partial charge in [0.15, 0.2) is 0 Å². The topological polar surface area (TPSA) is 93.1 Å². The SMILES string of the molecule is N=C1C(c2nc3ccc(Br)cc3c(=O)[nH]2)=C(O)CN1c1ccc(Cl)cc1Cl. The van der Waals surface area contributed by atoms with Gasteiger partial charge in [-0.05, 0) is 36.4 Å². The van der Waals surface area contributed by atoms with Crippen LogP contribution in [0.4, 0.5) is 5.69 Å². The minimum Gasteiger partial charge on any atom is -0.509 e. The molecule has 4 rings (SSSR count). The molecule has 2 aromatic carbocycles.